The first-order valence-electron chi connectivity index (χ1n) is 15.8. The lowest BCUT2D eigenvalue weighted by Gasteiger charge is -2.30. The molecule has 23 heteroatoms. The van der Waals surface area contributed by atoms with Gasteiger partial charge in [0.05, 0.1) is 50.5 Å². The van der Waals surface area contributed by atoms with Gasteiger partial charge in [0.2, 0.25) is 11.9 Å². The van der Waals surface area contributed by atoms with Crippen LogP contribution < -0.4 is 16.2 Å². The number of nitrogens with zero attached hydrogens (tertiary/aromatic N) is 7. The van der Waals surface area contributed by atoms with Crippen LogP contribution in [0, 0.1) is 29.1 Å². The van der Waals surface area contributed by atoms with Crippen LogP contribution in [-0.4, -0.2) is 90.0 Å². The van der Waals surface area contributed by atoms with E-state index in [0.717, 1.165) is 0 Å². The van der Waals surface area contributed by atoms with Crippen molar-refractivity contribution in [3.05, 3.63) is 28.9 Å². The summed E-state index contributed by atoms with van der Waals surface area (Å²) >= 11 is 11.2. The molecule has 2 bridgehead atoms. The van der Waals surface area contributed by atoms with Gasteiger partial charge in [0.25, 0.3) is 5.56 Å². The molecular weight excluding hydrogens is 737 g/mol. The number of anilines is 2. The van der Waals surface area contributed by atoms with Gasteiger partial charge in [0.15, 0.2) is 11.2 Å². The van der Waals surface area contributed by atoms with Gasteiger partial charge in [-0.2, -0.15) is 10.2 Å². The smallest absolute Gasteiger partial charge is 0.327 e. The predicted octanol–water partition coefficient (Wildman–Crippen LogP) is 2.88. The van der Waals surface area contributed by atoms with Crippen LogP contribution in [-0.2, 0) is 51.0 Å². The third kappa shape index (κ3) is 8.42. The molecule has 9 atom stereocenters. The number of hydrogen-bond donors (Lipinski definition) is 4. The number of halogens is 1. The van der Waals surface area contributed by atoms with E-state index in [1.165, 1.54) is 17.2 Å². The molecule has 0 aromatic carbocycles. The highest BCUT2D eigenvalue weighted by Gasteiger charge is 2.49. The third-order valence-corrected chi connectivity index (χ3v) is 12.5. The maximum absolute atomic E-state index is 16.0. The summed E-state index contributed by atoms with van der Waals surface area (Å²) in [4.78, 5) is 51.3. The van der Waals surface area contributed by atoms with Crippen LogP contribution in [0.3, 0.4) is 0 Å². The second-order valence-corrected chi connectivity index (χ2v) is 18.2. The molecule has 50 heavy (non-hydrogen) atoms. The first-order valence-corrected chi connectivity index (χ1v) is 20.9. The van der Waals surface area contributed by atoms with Crippen molar-refractivity contribution in [1.82, 2.24) is 34.9 Å². The van der Waals surface area contributed by atoms with E-state index in [1.54, 1.807) is 19.9 Å². The highest BCUT2D eigenvalue weighted by molar-refractivity contribution is 8.07. The molecule has 3 aliphatic rings. The van der Waals surface area contributed by atoms with Gasteiger partial charge in [0.1, 0.15) is 24.4 Å². The van der Waals surface area contributed by atoms with Crippen molar-refractivity contribution in [2.75, 3.05) is 30.5 Å². The van der Waals surface area contributed by atoms with Crippen LogP contribution in [0.4, 0.5) is 16.2 Å². The summed E-state index contributed by atoms with van der Waals surface area (Å²) in [5.41, 5.74) is -0.609. The molecule has 4 heterocycles. The van der Waals surface area contributed by atoms with Crippen LogP contribution in [0.2, 0.25) is 0 Å². The minimum atomic E-state index is -3.98. The summed E-state index contributed by atoms with van der Waals surface area (Å²) in [6, 6.07) is 2.14. The number of amides is 1. The molecule has 0 spiro atoms. The summed E-state index contributed by atoms with van der Waals surface area (Å²) in [6.07, 6.45) is -0.0386. The molecule has 3 aromatic rings. The van der Waals surface area contributed by atoms with Gasteiger partial charge in [-0.3, -0.25) is 19.9 Å². The number of aromatic amines is 1. The van der Waals surface area contributed by atoms with E-state index in [4.69, 9.17) is 46.2 Å². The van der Waals surface area contributed by atoms with Crippen LogP contribution in [0.15, 0.2) is 23.4 Å². The molecule has 3 aromatic heterocycles. The number of hydrogen-bond acceptors (Lipinski definition) is 16. The highest BCUT2D eigenvalue weighted by atomic mass is 32.5. The lowest BCUT2D eigenvalue weighted by Crippen LogP contribution is -2.34. The maximum Gasteiger partial charge on any atom is 0.327 e. The number of H-pyrrole nitrogens is 1. The molecule has 2 aliphatic carbocycles. The Bertz CT molecular complexity index is 1900. The molecule has 4 N–H and O–H groups in total. The van der Waals surface area contributed by atoms with Gasteiger partial charge in [-0.1, -0.05) is 19.1 Å². The SMILES string of the molecule is CC(C)C(=O)Nc1nc2c(nnn2[C@@H]2C[C@@H]3COP(O)(=S)O[C@@H]4[C@@H](CO[P@](=S)(OCCC#N)O[C@@H]2C3)C[C@@H](Nc2ccncn2)[C@@H]4F)c(=O)[nH]1. The molecule has 1 aliphatic heterocycles. The van der Waals surface area contributed by atoms with E-state index in [1.807, 2.05) is 6.07 Å². The van der Waals surface area contributed by atoms with Gasteiger partial charge >= 0.3 is 13.4 Å². The molecular formula is C27H35FN10O8P2S2. The van der Waals surface area contributed by atoms with Crippen LogP contribution in [0.5, 0.6) is 0 Å². The lowest BCUT2D eigenvalue weighted by atomic mass is 10.1. The molecule has 1 saturated heterocycles. The quantitative estimate of drug-likeness (QED) is 0.190. The molecule has 18 nitrogen and oxygen atoms in total. The molecule has 0 radical (unpaired) electrons. The zero-order valence-corrected chi connectivity index (χ0v) is 30.2. The Kier molecular flexibility index (Phi) is 11.3. The van der Waals surface area contributed by atoms with E-state index >= 15 is 4.39 Å². The van der Waals surface area contributed by atoms with Crippen molar-refractivity contribution in [2.24, 2.45) is 17.8 Å². The predicted molar refractivity (Wildman–Crippen MR) is 182 cm³/mol. The van der Waals surface area contributed by atoms with Gasteiger partial charge in [0, 0.05) is 18.0 Å². The van der Waals surface area contributed by atoms with Crippen LogP contribution >= 0.6 is 13.4 Å². The Morgan fingerprint density at radius 2 is 2.10 bits per heavy atom. The summed E-state index contributed by atoms with van der Waals surface area (Å²) in [5, 5.41) is 23.1. The fourth-order valence-corrected chi connectivity index (χ4v) is 9.81. The number of alkyl halides is 1. The standard InChI is InChI=1S/C27H35FN10O8P2S2/c1-14(2)25(39)34-27-33-24-22(26(40)35-27)36-37-38(24)18-8-15-9-19(18)45-48(50,42-7-3-5-29)44-12-16-10-17(32-20-4-6-30-13-31-20)21(28)23(16)46-47(41,49)43-11-15/h4,6,13-19,21,23H,3,7-12H2,1-2H3,(H,41,49)(H,30,31,32)(H2,33,34,35,39,40)/t15-,16+,17+,18+,19+,21-,23+,47?,48+/m0/s1. The Morgan fingerprint density at radius 1 is 1.28 bits per heavy atom. The van der Waals surface area contributed by atoms with E-state index < -0.39 is 55.4 Å². The number of rotatable bonds is 8. The first kappa shape index (κ1) is 36.9. The Balaban J connectivity index is 1.31. The van der Waals surface area contributed by atoms with Crippen LogP contribution in [0.25, 0.3) is 11.2 Å². The summed E-state index contributed by atoms with van der Waals surface area (Å²) < 4.78 is 47.6. The lowest BCUT2D eigenvalue weighted by molar-refractivity contribution is -0.118. The van der Waals surface area contributed by atoms with Crippen molar-refractivity contribution in [2.45, 2.75) is 70.0 Å². The molecule has 2 saturated carbocycles. The molecule has 1 unspecified atom stereocenters. The number of aromatic nitrogens is 7. The summed E-state index contributed by atoms with van der Waals surface area (Å²) in [7, 11) is 0. The Hall–Kier alpha value is -2.89. The summed E-state index contributed by atoms with van der Waals surface area (Å²) in [6.45, 7) is -4.63. The highest BCUT2D eigenvalue weighted by Crippen LogP contribution is 2.58. The maximum atomic E-state index is 16.0. The number of carbonyl (C=O) groups excluding carboxylic acids is 1. The van der Waals surface area contributed by atoms with Crippen molar-refractivity contribution in [3.63, 3.8) is 0 Å². The van der Waals surface area contributed by atoms with E-state index in [2.05, 4.69) is 40.9 Å². The van der Waals surface area contributed by atoms with E-state index in [0.29, 0.717) is 12.2 Å². The van der Waals surface area contributed by atoms with Crippen molar-refractivity contribution in [1.29, 1.82) is 5.26 Å². The van der Waals surface area contributed by atoms with Crippen LogP contribution in [0.1, 0.15) is 45.6 Å². The van der Waals surface area contributed by atoms with Crippen molar-refractivity contribution in [3.8, 4) is 6.07 Å². The average molecular weight is 773 g/mol. The molecule has 3 fully saturated rings. The minimum absolute atomic E-state index is 0.00105. The van der Waals surface area contributed by atoms with Crippen molar-refractivity contribution >= 4 is 65.9 Å². The molecule has 270 valence electrons. The zero-order valence-electron chi connectivity index (χ0n) is 26.8. The third-order valence-electron chi connectivity index (χ3n) is 8.52. The van der Waals surface area contributed by atoms with E-state index in [9.17, 15) is 19.7 Å². The number of fused-ring (bicyclic) bond motifs is 4. The Labute approximate surface area is 295 Å². The fraction of sp³-hybridized carbons (Fsp3) is 0.630. The molecule has 6 rings (SSSR count). The second-order valence-electron chi connectivity index (χ2n) is 12.4. The fourth-order valence-electron chi connectivity index (χ4n) is 6.09. The second kappa shape index (κ2) is 15.4. The Morgan fingerprint density at radius 3 is 2.84 bits per heavy atom. The van der Waals surface area contributed by atoms with Gasteiger partial charge < -0.3 is 32.8 Å². The zero-order chi connectivity index (χ0) is 35.6. The van der Waals surface area contributed by atoms with Gasteiger partial charge in [-0.25, -0.2) is 19.0 Å². The van der Waals surface area contributed by atoms with E-state index in [-0.39, 0.29) is 73.9 Å². The number of nitrogens with one attached hydrogen (secondary N) is 3. The van der Waals surface area contributed by atoms with Crippen molar-refractivity contribution < 1.29 is 36.7 Å². The topological polar surface area (TPSA) is 234 Å². The first-order chi connectivity index (χ1) is 23.8. The number of carbonyl (C=O) groups is 1. The number of nitriles is 1. The average Bonchev–Trinajstić information content (AvgIpc) is 3.75. The normalized spacial score (nSPS) is 33.2. The van der Waals surface area contributed by atoms with Gasteiger partial charge in [-0.15, -0.1) is 5.10 Å². The monoisotopic (exact) mass is 772 g/mol. The largest absolute Gasteiger partial charge is 0.364 e. The minimum Gasteiger partial charge on any atom is -0.364 e. The molecule has 1 amide bonds. The van der Waals surface area contributed by atoms with Gasteiger partial charge in [-0.05, 0) is 54.9 Å². The summed E-state index contributed by atoms with van der Waals surface area (Å²) in [5.74, 6) is -1.45.